The lowest BCUT2D eigenvalue weighted by molar-refractivity contribution is -0.172. The van der Waals surface area contributed by atoms with E-state index in [1.54, 1.807) is 0 Å². The van der Waals surface area contributed by atoms with E-state index in [2.05, 4.69) is 13.8 Å². The number of hydrogen-bond acceptors (Lipinski definition) is 4. The predicted molar refractivity (Wildman–Crippen MR) is 69.2 cm³/mol. The highest BCUT2D eigenvalue weighted by molar-refractivity contribution is 5.94. The van der Waals surface area contributed by atoms with Crippen molar-refractivity contribution in [3.05, 3.63) is 11.6 Å². The van der Waals surface area contributed by atoms with Gasteiger partial charge >= 0.3 is 5.97 Å². The number of rotatable bonds is 0. The van der Waals surface area contributed by atoms with Crippen LogP contribution in [0.15, 0.2) is 11.6 Å². The second-order valence-electron chi connectivity index (χ2n) is 7.24. The maximum absolute atomic E-state index is 11.8. The van der Waals surface area contributed by atoms with E-state index in [9.17, 15) is 15.0 Å². The van der Waals surface area contributed by atoms with Crippen LogP contribution in [0.4, 0.5) is 0 Å². The molecule has 2 aliphatic carbocycles. The monoisotopic (exact) mass is 266 g/mol. The third-order valence-electron chi connectivity index (χ3n) is 5.75. The van der Waals surface area contributed by atoms with E-state index in [-0.39, 0.29) is 23.5 Å². The van der Waals surface area contributed by atoms with Gasteiger partial charge in [0, 0.05) is 11.3 Å². The van der Waals surface area contributed by atoms with Gasteiger partial charge in [0.2, 0.25) is 0 Å². The molecule has 0 spiro atoms. The Bertz CT molecular complexity index is 467. The summed E-state index contributed by atoms with van der Waals surface area (Å²) >= 11 is 0. The lowest BCUT2D eigenvalue weighted by atomic mass is 9.46. The fourth-order valence-corrected chi connectivity index (χ4v) is 4.83. The normalized spacial score (nSPS) is 48.1. The number of esters is 1. The van der Waals surface area contributed by atoms with Gasteiger partial charge in [-0.05, 0) is 24.3 Å². The van der Waals surface area contributed by atoms with Crippen molar-refractivity contribution in [2.45, 2.75) is 51.7 Å². The van der Waals surface area contributed by atoms with Crippen molar-refractivity contribution < 1.29 is 19.7 Å². The number of ether oxygens (including phenoxy) is 1. The maximum Gasteiger partial charge on any atom is 0.336 e. The Kier molecular flexibility index (Phi) is 2.50. The molecule has 1 saturated heterocycles. The van der Waals surface area contributed by atoms with Crippen LogP contribution < -0.4 is 0 Å². The van der Waals surface area contributed by atoms with Gasteiger partial charge in [0.25, 0.3) is 0 Å². The highest BCUT2D eigenvalue weighted by atomic mass is 16.6. The van der Waals surface area contributed by atoms with E-state index in [1.807, 2.05) is 6.92 Å². The summed E-state index contributed by atoms with van der Waals surface area (Å²) in [5.41, 5.74) is -1.55. The van der Waals surface area contributed by atoms with Gasteiger partial charge in [-0.3, -0.25) is 0 Å². The zero-order chi connectivity index (χ0) is 14.1. The zero-order valence-corrected chi connectivity index (χ0v) is 11.8. The van der Waals surface area contributed by atoms with Crippen molar-refractivity contribution in [2.24, 2.45) is 16.7 Å². The van der Waals surface area contributed by atoms with Gasteiger partial charge in [-0.25, -0.2) is 4.79 Å². The van der Waals surface area contributed by atoms with Crippen molar-refractivity contribution in [2.75, 3.05) is 6.61 Å². The van der Waals surface area contributed by atoms with Crippen LogP contribution in [0, 0.1) is 16.7 Å². The molecule has 0 aromatic carbocycles. The summed E-state index contributed by atoms with van der Waals surface area (Å²) in [6.45, 7) is 6.29. The predicted octanol–water partition coefficient (Wildman–Crippen LogP) is 1.41. The standard InChI is InChI=1S/C15H22O4/c1-13(2)5-4-6-14(3)11(13)10(16)7-9-12(17)19-8-15(9,14)18/h7,10-11,16,18H,4-6,8H2,1-3H3/t10-,11-,14-,15+/m0/s1. The van der Waals surface area contributed by atoms with E-state index in [4.69, 9.17) is 4.74 Å². The minimum atomic E-state index is -1.24. The van der Waals surface area contributed by atoms with Crippen LogP contribution in [0.3, 0.4) is 0 Å². The Labute approximate surface area is 113 Å². The molecule has 0 aromatic heterocycles. The van der Waals surface area contributed by atoms with Crippen LogP contribution in [0.5, 0.6) is 0 Å². The second kappa shape index (κ2) is 3.61. The highest BCUT2D eigenvalue weighted by Gasteiger charge is 2.66. The first-order valence-electron chi connectivity index (χ1n) is 7.02. The van der Waals surface area contributed by atoms with E-state index >= 15 is 0 Å². The van der Waals surface area contributed by atoms with Crippen LogP contribution in [-0.2, 0) is 9.53 Å². The van der Waals surface area contributed by atoms with E-state index < -0.39 is 23.1 Å². The summed E-state index contributed by atoms with van der Waals surface area (Å²) < 4.78 is 5.07. The molecule has 19 heavy (non-hydrogen) atoms. The first kappa shape index (κ1) is 13.1. The van der Waals surface area contributed by atoms with Gasteiger partial charge in [-0.1, -0.05) is 27.2 Å². The van der Waals surface area contributed by atoms with E-state index in [1.165, 1.54) is 6.08 Å². The molecule has 2 N–H and O–H groups in total. The zero-order valence-electron chi connectivity index (χ0n) is 11.8. The molecule has 0 amide bonds. The SMILES string of the molecule is CC1(C)CCC[C@@]2(C)[C@H]1[C@@H](O)C=C1C(=O)OC[C@@]12O. The first-order valence-corrected chi connectivity index (χ1v) is 7.02. The largest absolute Gasteiger partial charge is 0.459 e. The molecule has 4 atom stereocenters. The number of aliphatic hydroxyl groups excluding tert-OH is 1. The average molecular weight is 266 g/mol. The molecule has 106 valence electrons. The van der Waals surface area contributed by atoms with Gasteiger partial charge < -0.3 is 14.9 Å². The molecule has 0 bridgehead atoms. The van der Waals surface area contributed by atoms with E-state index in [0.29, 0.717) is 0 Å². The minimum absolute atomic E-state index is 0.0213. The molecule has 4 nitrogen and oxygen atoms in total. The van der Waals surface area contributed by atoms with Crippen molar-refractivity contribution >= 4 is 5.97 Å². The summed E-state index contributed by atoms with van der Waals surface area (Å²) in [5.74, 6) is -0.540. The summed E-state index contributed by atoms with van der Waals surface area (Å²) in [7, 11) is 0. The lowest BCUT2D eigenvalue weighted by Gasteiger charge is -2.59. The fraction of sp³-hybridized carbons (Fsp3) is 0.800. The number of carbonyl (C=O) groups excluding carboxylic acids is 1. The molecule has 4 heteroatoms. The van der Waals surface area contributed by atoms with Gasteiger partial charge in [0.15, 0.2) is 0 Å². The third-order valence-corrected chi connectivity index (χ3v) is 5.75. The summed E-state index contributed by atoms with van der Waals surface area (Å²) in [5, 5.41) is 21.5. The van der Waals surface area contributed by atoms with Crippen LogP contribution in [0.25, 0.3) is 0 Å². The fourth-order valence-electron chi connectivity index (χ4n) is 4.83. The molecule has 0 radical (unpaired) electrons. The van der Waals surface area contributed by atoms with Crippen molar-refractivity contribution in [3.8, 4) is 0 Å². The number of fused-ring (bicyclic) bond motifs is 3. The van der Waals surface area contributed by atoms with Gasteiger partial charge in [-0.2, -0.15) is 0 Å². The van der Waals surface area contributed by atoms with Crippen molar-refractivity contribution in [3.63, 3.8) is 0 Å². The Hall–Kier alpha value is -0.870. The Morgan fingerprint density at radius 1 is 1.32 bits per heavy atom. The van der Waals surface area contributed by atoms with Crippen LogP contribution >= 0.6 is 0 Å². The quantitative estimate of drug-likeness (QED) is 0.651. The van der Waals surface area contributed by atoms with Crippen molar-refractivity contribution in [1.29, 1.82) is 0 Å². The highest BCUT2D eigenvalue weighted by Crippen LogP contribution is 2.62. The molecular formula is C15H22O4. The molecule has 0 unspecified atom stereocenters. The average Bonchev–Trinajstić information content (AvgIpc) is 2.57. The topological polar surface area (TPSA) is 66.8 Å². The smallest absolute Gasteiger partial charge is 0.336 e. The molecule has 2 fully saturated rings. The third kappa shape index (κ3) is 1.44. The maximum atomic E-state index is 11.8. The summed E-state index contributed by atoms with van der Waals surface area (Å²) in [4.78, 5) is 11.8. The number of cyclic esters (lactones) is 1. The first-order chi connectivity index (χ1) is 8.72. The Balaban J connectivity index is 2.18. The molecule has 3 aliphatic rings. The molecule has 0 aromatic rings. The lowest BCUT2D eigenvalue weighted by Crippen LogP contribution is -2.63. The molecule has 1 heterocycles. The molecule has 1 saturated carbocycles. The summed E-state index contributed by atoms with van der Waals surface area (Å²) in [6.07, 6.45) is 3.66. The van der Waals surface area contributed by atoms with Gasteiger partial charge in [0.1, 0.15) is 12.2 Å². The summed E-state index contributed by atoms with van der Waals surface area (Å²) in [6, 6.07) is 0. The number of hydrogen-bond donors (Lipinski definition) is 2. The van der Waals surface area contributed by atoms with Gasteiger partial charge in [0.05, 0.1) is 11.7 Å². The Morgan fingerprint density at radius 3 is 2.68 bits per heavy atom. The Morgan fingerprint density at radius 2 is 2.00 bits per heavy atom. The number of carbonyl (C=O) groups is 1. The van der Waals surface area contributed by atoms with Gasteiger partial charge in [-0.15, -0.1) is 0 Å². The molecule has 3 rings (SSSR count). The molecular weight excluding hydrogens is 244 g/mol. The molecule has 1 aliphatic heterocycles. The van der Waals surface area contributed by atoms with Crippen LogP contribution in [-0.4, -0.2) is 34.5 Å². The van der Waals surface area contributed by atoms with Crippen LogP contribution in [0.1, 0.15) is 40.0 Å². The van der Waals surface area contributed by atoms with Crippen LogP contribution in [0.2, 0.25) is 0 Å². The minimum Gasteiger partial charge on any atom is -0.459 e. The van der Waals surface area contributed by atoms with E-state index in [0.717, 1.165) is 19.3 Å². The van der Waals surface area contributed by atoms with Crippen molar-refractivity contribution in [1.82, 2.24) is 0 Å². The second-order valence-corrected chi connectivity index (χ2v) is 7.24. The number of aliphatic hydroxyl groups is 2.